The maximum absolute atomic E-state index is 8.31. The Morgan fingerprint density at radius 1 is 1.50 bits per heavy atom. The summed E-state index contributed by atoms with van der Waals surface area (Å²) in [6.07, 6.45) is 6.11. The van der Waals surface area contributed by atoms with Crippen molar-refractivity contribution in [3.05, 3.63) is 37.6 Å². The minimum Gasteiger partial charge on any atom is -0.246 e. The summed E-state index contributed by atoms with van der Waals surface area (Å²) in [6, 6.07) is 1.86. The number of rotatable bonds is 3. The topological polar surface area (TPSA) is 36.1 Å². The van der Waals surface area contributed by atoms with E-state index in [0.717, 1.165) is 0 Å². The lowest BCUT2D eigenvalue weighted by atomic mass is 10.4. The normalized spacial score (nSPS) is 10.9. The summed E-state index contributed by atoms with van der Waals surface area (Å²) in [7, 11) is 0. The zero-order valence-corrected chi connectivity index (χ0v) is 5.62. The molecule has 0 aliphatic carbocycles. The lowest BCUT2D eigenvalue weighted by molar-refractivity contribution is 1.52. The molecule has 2 nitrogen and oxygen atoms in total. The monoisotopic (exact) mass is 132 g/mol. The highest BCUT2D eigenvalue weighted by Crippen LogP contribution is 1.81. The van der Waals surface area contributed by atoms with Gasteiger partial charge in [-0.25, -0.2) is 4.99 Å². The third-order valence-corrected chi connectivity index (χ3v) is 0.744. The highest BCUT2D eigenvalue weighted by molar-refractivity contribution is 6.07. The number of nitrogens with zero attached hydrogens (tertiary/aromatic N) is 2. The molecule has 0 amide bonds. The second-order valence-corrected chi connectivity index (χ2v) is 1.41. The summed E-state index contributed by atoms with van der Waals surface area (Å²) in [5, 5.41) is 8.31. The van der Waals surface area contributed by atoms with Gasteiger partial charge in [0.15, 0.2) is 0 Å². The molecule has 50 valence electrons. The lowest BCUT2D eigenvalue weighted by Crippen LogP contribution is -1.82. The number of nitriles is 1. The first-order chi connectivity index (χ1) is 4.85. The fourth-order valence-electron chi connectivity index (χ4n) is 0.311. The summed E-state index contributed by atoms with van der Waals surface area (Å²) in [5.74, 6) is 0. The average Bonchev–Trinajstić information content (AvgIpc) is 1.99. The second kappa shape index (κ2) is 5.52. The molecule has 0 saturated carbocycles. The number of hydrogen-bond donors (Lipinski definition) is 0. The molecule has 0 rings (SSSR count). The van der Waals surface area contributed by atoms with Gasteiger partial charge in [0.25, 0.3) is 0 Å². The van der Waals surface area contributed by atoms with Gasteiger partial charge in [0.2, 0.25) is 0 Å². The van der Waals surface area contributed by atoms with Crippen LogP contribution in [0.5, 0.6) is 0 Å². The van der Waals surface area contributed by atoms with E-state index in [1.165, 1.54) is 12.3 Å². The Balaban J connectivity index is 4.15. The van der Waals surface area contributed by atoms with Gasteiger partial charge in [0.1, 0.15) is 11.8 Å². The van der Waals surface area contributed by atoms with Crippen LogP contribution in [0, 0.1) is 11.3 Å². The predicted molar refractivity (Wildman–Crippen MR) is 42.6 cm³/mol. The number of aliphatic imine (C=N–C) groups is 1. The molecule has 0 N–H and O–H groups in total. The summed E-state index contributed by atoms with van der Waals surface area (Å²) in [4.78, 5) is 3.74. The summed E-state index contributed by atoms with van der Waals surface area (Å²) >= 11 is 0. The van der Waals surface area contributed by atoms with Gasteiger partial charge in [-0.1, -0.05) is 19.2 Å². The van der Waals surface area contributed by atoms with Crippen molar-refractivity contribution in [2.24, 2.45) is 4.99 Å². The average molecular weight is 132 g/mol. The van der Waals surface area contributed by atoms with Gasteiger partial charge in [0.05, 0.1) is 0 Å². The van der Waals surface area contributed by atoms with Crippen molar-refractivity contribution in [1.82, 2.24) is 0 Å². The Bertz CT molecular complexity index is 216. The zero-order valence-electron chi connectivity index (χ0n) is 5.62. The van der Waals surface area contributed by atoms with Crippen LogP contribution < -0.4 is 0 Å². The van der Waals surface area contributed by atoms with Crippen LogP contribution in [0.4, 0.5) is 0 Å². The van der Waals surface area contributed by atoms with Crippen molar-refractivity contribution in [2.75, 3.05) is 0 Å². The van der Waals surface area contributed by atoms with Crippen LogP contribution in [-0.2, 0) is 0 Å². The Morgan fingerprint density at radius 2 is 2.20 bits per heavy atom. The molecule has 0 unspecified atom stereocenters. The molecule has 0 saturated heterocycles. The SMILES string of the molecule is C=C/C=C\N=C(\C#N)C=C. The highest BCUT2D eigenvalue weighted by Gasteiger charge is 1.81. The smallest absolute Gasteiger partial charge is 0.139 e. The van der Waals surface area contributed by atoms with Gasteiger partial charge in [-0.15, -0.1) is 0 Å². The lowest BCUT2D eigenvalue weighted by Gasteiger charge is -1.78. The van der Waals surface area contributed by atoms with E-state index in [4.69, 9.17) is 5.26 Å². The van der Waals surface area contributed by atoms with Crippen molar-refractivity contribution in [1.29, 1.82) is 5.26 Å². The quantitative estimate of drug-likeness (QED) is 0.426. The molecule has 0 atom stereocenters. The Labute approximate surface area is 60.5 Å². The van der Waals surface area contributed by atoms with E-state index < -0.39 is 0 Å². The third-order valence-electron chi connectivity index (χ3n) is 0.744. The number of hydrogen-bond acceptors (Lipinski definition) is 2. The van der Waals surface area contributed by atoms with Crippen molar-refractivity contribution >= 4 is 5.71 Å². The first-order valence-electron chi connectivity index (χ1n) is 2.73. The van der Waals surface area contributed by atoms with E-state index in [1.807, 2.05) is 6.07 Å². The second-order valence-electron chi connectivity index (χ2n) is 1.41. The van der Waals surface area contributed by atoms with Gasteiger partial charge in [-0.3, -0.25) is 0 Å². The van der Waals surface area contributed by atoms with E-state index in [1.54, 1.807) is 12.2 Å². The third kappa shape index (κ3) is 3.39. The largest absolute Gasteiger partial charge is 0.246 e. The highest BCUT2D eigenvalue weighted by atomic mass is 14.7. The molecule has 0 aromatic carbocycles. The van der Waals surface area contributed by atoms with Gasteiger partial charge in [0, 0.05) is 6.20 Å². The van der Waals surface area contributed by atoms with Crippen LogP contribution >= 0.6 is 0 Å². The molecule has 0 fully saturated rings. The Kier molecular flexibility index (Phi) is 4.62. The van der Waals surface area contributed by atoms with Crippen molar-refractivity contribution in [3.8, 4) is 6.07 Å². The van der Waals surface area contributed by atoms with Crippen LogP contribution in [-0.4, -0.2) is 5.71 Å². The molecule has 0 bridgehead atoms. The van der Waals surface area contributed by atoms with E-state index in [9.17, 15) is 0 Å². The predicted octanol–water partition coefficient (Wildman–Crippen LogP) is 1.84. The first-order valence-corrected chi connectivity index (χ1v) is 2.73. The molecule has 10 heavy (non-hydrogen) atoms. The van der Waals surface area contributed by atoms with Crippen LogP contribution in [0.3, 0.4) is 0 Å². The fraction of sp³-hybridized carbons (Fsp3) is 0. The minimum atomic E-state index is 0.304. The molecule has 0 radical (unpaired) electrons. The van der Waals surface area contributed by atoms with Crippen LogP contribution in [0.15, 0.2) is 42.6 Å². The van der Waals surface area contributed by atoms with Crippen molar-refractivity contribution < 1.29 is 0 Å². The van der Waals surface area contributed by atoms with Crippen LogP contribution in [0.1, 0.15) is 0 Å². The van der Waals surface area contributed by atoms with Gasteiger partial charge >= 0.3 is 0 Å². The van der Waals surface area contributed by atoms with E-state index in [2.05, 4.69) is 18.2 Å². The molecule has 0 spiro atoms. The molecule has 0 aromatic heterocycles. The summed E-state index contributed by atoms with van der Waals surface area (Å²) in [6.45, 7) is 6.84. The first kappa shape index (κ1) is 8.38. The molecule has 2 heteroatoms. The van der Waals surface area contributed by atoms with Gasteiger partial charge < -0.3 is 0 Å². The summed E-state index contributed by atoms with van der Waals surface area (Å²) in [5.41, 5.74) is 0.304. The zero-order chi connectivity index (χ0) is 7.82. The molecule has 0 aromatic rings. The standard InChI is InChI=1S/C8H8N2/c1-3-5-6-10-8(4-2)7-9/h3-6H,1-2H2/b6-5-,10-8+. The van der Waals surface area contributed by atoms with Crippen molar-refractivity contribution in [3.63, 3.8) is 0 Å². The Hall–Kier alpha value is -1.62. The Morgan fingerprint density at radius 3 is 2.60 bits per heavy atom. The minimum absolute atomic E-state index is 0.304. The van der Waals surface area contributed by atoms with Gasteiger partial charge in [-0.05, 0) is 12.2 Å². The van der Waals surface area contributed by atoms with Crippen LogP contribution in [0.25, 0.3) is 0 Å². The molecular formula is C8H8N2. The fourth-order valence-corrected chi connectivity index (χ4v) is 0.311. The molecular weight excluding hydrogens is 124 g/mol. The molecule has 0 heterocycles. The van der Waals surface area contributed by atoms with Gasteiger partial charge in [-0.2, -0.15) is 5.26 Å². The number of allylic oxidation sites excluding steroid dienone is 3. The molecule has 0 aliphatic rings. The maximum atomic E-state index is 8.31. The van der Waals surface area contributed by atoms with E-state index >= 15 is 0 Å². The maximum Gasteiger partial charge on any atom is 0.139 e. The molecule has 0 aliphatic heterocycles. The van der Waals surface area contributed by atoms with E-state index in [0.29, 0.717) is 5.71 Å². The summed E-state index contributed by atoms with van der Waals surface area (Å²) < 4.78 is 0. The van der Waals surface area contributed by atoms with Crippen molar-refractivity contribution in [2.45, 2.75) is 0 Å². The van der Waals surface area contributed by atoms with Crippen LogP contribution in [0.2, 0.25) is 0 Å². The van der Waals surface area contributed by atoms with E-state index in [-0.39, 0.29) is 0 Å².